The van der Waals surface area contributed by atoms with Gasteiger partial charge in [-0.2, -0.15) is 0 Å². The molecule has 2 aromatic rings. The van der Waals surface area contributed by atoms with Gasteiger partial charge in [0.05, 0.1) is 0 Å². The molecule has 2 rings (SSSR count). The molecule has 0 aliphatic rings. The summed E-state index contributed by atoms with van der Waals surface area (Å²) in [5.41, 5.74) is 2.21. The number of carbonyl (C=O) groups excluding carboxylic acids is 1. The van der Waals surface area contributed by atoms with Gasteiger partial charge in [-0.3, -0.25) is 4.79 Å². The number of carbonyl (C=O) groups is 1. The van der Waals surface area contributed by atoms with Crippen LogP contribution in [0.3, 0.4) is 0 Å². The maximum atomic E-state index is 12.1. The van der Waals surface area contributed by atoms with E-state index >= 15 is 0 Å². The number of nitrogens with zero attached hydrogens (tertiary/aromatic N) is 1. The third-order valence-electron chi connectivity index (χ3n) is 3.71. The van der Waals surface area contributed by atoms with Crippen molar-refractivity contribution >= 4 is 16.8 Å². The van der Waals surface area contributed by atoms with Gasteiger partial charge < -0.3 is 9.88 Å². The molecule has 1 amide bonds. The van der Waals surface area contributed by atoms with E-state index in [1.54, 1.807) is 0 Å². The van der Waals surface area contributed by atoms with Crippen LogP contribution in [0.4, 0.5) is 0 Å². The highest BCUT2D eigenvalue weighted by Gasteiger charge is 2.18. The normalized spacial score (nSPS) is 11.8. The van der Waals surface area contributed by atoms with E-state index in [-0.39, 0.29) is 11.4 Å². The smallest absolute Gasteiger partial charge is 0.240 e. The van der Waals surface area contributed by atoms with Crippen LogP contribution in [0.25, 0.3) is 10.9 Å². The van der Waals surface area contributed by atoms with Gasteiger partial charge in [0.15, 0.2) is 0 Å². The van der Waals surface area contributed by atoms with Crippen molar-refractivity contribution in [2.75, 3.05) is 0 Å². The van der Waals surface area contributed by atoms with Crippen LogP contribution in [-0.2, 0) is 11.3 Å². The molecule has 1 N–H and O–H groups in total. The Morgan fingerprint density at radius 3 is 2.74 bits per heavy atom. The van der Waals surface area contributed by atoms with E-state index < -0.39 is 0 Å². The Hall–Kier alpha value is -1.77. The van der Waals surface area contributed by atoms with Gasteiger partial charge in [0.2, 0.25) is 5.91 Å². The molecule has 0 spiro atoms. The predicted molar refractivity (Wildman–Crippen MR) is 79.2 cm³/mol. The van der Waals surface area contributed by atoms with Crippen molar-refractivity contribution in [3.8, 4) is 0 Å². The summed E-state index contributed by atoms with van der Waals surface area (Å²) in [7, 11) is 0. The Kier molecular flexibility index (Phi) is 3.65. The minimum absolute atomic E-state index is 0.0610. The molecule has 0 saturated carbocycles. The lowest BCUT2D eigenvalue weighted by Crippen LogP contribution is -2.44. The third-order valence-corrected chi connectivity index (χ3v) is 3.71. The minimum atomic E-state index is -0.143. The Morgan fingerprint density at radius 1 is 1.32 bits per heavy atom. The highest BCUT2D eigenvalue weighted by Crippen LogP contribution is 2.19. The zero-order valence-corrected chi connectivity index (χ0v) is 12.2. The largest absolute Gasteiger partial charge is 0.350 e. The second kappa shape index (κ2) is 5.08. The minimum Gasteiger partial charge on any atom is -0.350 e. The summed E-state index contributed by atoms with van der Waals surface area (Å²) in [6.07, 6.45) is 2.90. The molecule has 102 valence electrons. The number of aryl methyl sites for hydroxylation is 1. The van der Waals surface area contributed by atoms with Crippen molar-refractivity contribution in [3.63, 3.8) is 0 Å². The van der Waals surface area contributed by atoms with Gasteiger partial charge in [-0.05, 0) is 44.9 Å². The van der Waals surface area contributed by atoms with E-state index in [0.717, 1.165) is 11.9 Å². The van der Waals surface area contributed by atoms with Crippen LogP contribution < -0.4 is 5.32 Å². The average Bonchev–Trinajstić information content (AvgIpc) is 2.73. The summed E-state index contributed by atoms with van der Waals surface area (Å²) in [4.78, 5) is 12.1. The Balaban J connectivity index is 2.18. The van der Waals surface area contributed by atoms with Crippen LogP contribution in [0.15, 0.2) is 30.5 Å². The zero-order valence-electron chi connectivity index (χ0n) is 12.2. The number of amides is 1. The summed E-state index contributed by atoms with van der Waals surface area (Å²) in [5, 5.41) is 4.28. The second-order valence-corrected chi connectivity index (χ2v) is 5.74. The van der Waals surface area contributed by atoms with Crippen molar-refractivity contribution in [3.05, 3.63) is 36.0 Å². The molecule has 1 heterocycles. The molecule has 0 radical (unpaired) electrons. The molecular formula is C16H22N2O. The number of rotatable bonds is 4. The molecule has 0 aliphatic heterocycles. The monoisotopic (exact) mass is 258 g/mol. The number of hydrogen-bond donors (Lipinski definition) is 1. The molecular weight excluding hydrogens is 236 g/mol. The molecule has 0 aliphatic carbocycles. The first-order valence-electron chi connectivity index (χ1n) is 6.78. The Labute approximate surface area is 114 Å². The maximum Gasteiger partial charge on any atom is 0.240 e. The van der Waals surface area contributed by atoms with Crippen molar-refractivity contribution in [1.29, 1.82) is 0 Å². The van der Waals surface area contributed by atoms with Gasteiger partial charge in [-0.15, -0.1) is 0 Å². The van der Waals surface area contributed by atoms with Crippen LogP contribution in [0.2, 0.25) is 0 Å². The lowest BCUT2D eigenvalue weighted by atomic mass is 10.0. The fourth-order valence-electron chi connectivity index (χ4n) is 2.18. The van der Waals surface area contributed by atoms with Crippen molar-refractivity contribution < 1.29 is 4.79 Å². The van der Waals surface area contributed by atoms with E-state index in [4.69, 9.17) is 0 Å². The van der Waals surface area contributed by atoms with Gasteiger partial charge in [0, 0.05) is 22.6 Å². The van der Waals surface area contributed by atoms with Crippen molar-refractivity contribution in [2.24, 2.45) is 0 Å². The third kappa shape index (κ3) is 2.98. The molecule has 1 aromatic heterocycles. The van der Waals surface area contributed by atoms with E-state index in [2.05, 4.69) is 37.4 Å². The summed E-state index contributed by atoms with van der Waals surface area (Å²) in [6, 6.07) is 8.25. The first kappa shape index (κ1) is 13.7. The quantitative estimate of drug-likeness (QED) is 0.897. The van der Waals surface area contributed by atoms with Crippen LogP contribution in [-0.4, -0.2) is 16.0 Å². The first-order valence-corrected chi connectivity index (χ1v) is 6.78. The number of benzene rings is 1. The average molecular weight is 258 g/mol. The van der Waals surface area contributed by atoms with Crippen LogP contribution >= 0.6 is 0 Å². The van der Waals surface area contributed by atoms with Crippen molar-refractivity contribution in [1.82, 2.24) is 9.88 Å². The molecule has 0 saturated heterocycles. The Bertz CT molecular complexity index is 596. The summed E-state index contributed by atoms with van der Waals surface area (Å²) >= 11 is 0. The van der Waals surface area contributed by atoms with Gasteiger partial charge in [-0.25, -0.2) is 0 Å². The van der Waals surface area contributed by atoms with Crippen LogP contribution in [0, 0.1) is 6.92 Å². The summed E-state index contributed by atoms with van der Waals surface area (Å²) in [5.74, 6) is 0.0610. The van der Waals surface area contributed by atoms with Crippen molar-refractivity contribution in [2.45, 2.75) is 46.2 Å². The predicted octanol–water partition coefficient (Wildman–Crippen LogP) is 3.25. The number of nitrogens with one attached hydrogen (secondary N) is 1. The van der Waals surface area contributed by atoms with Gasteiger partial charge in [0.1, 0.15) is 6.54 Å². The molecule has 19 heavy (non-hydrogen) atoms. The van der Waals surface area contributed by atoms with Gasteiger partial charge in [0.25, 0.3) is 0 Å². The number of hydrogen-bond acceptors (Lipinski definition) is 1. The molecule has 0 unspecified atom stereocenters. The SMILES string of the molecule is CCC(C)(C)NC(=O)Cn1ccc2c(C)cccc21. The van der Waals surface area contributed by atoms with Gasteiger partial charge >= 0.3 is 0 Å². The lowest BCUT2D eigenvalue weighted by Gasteiger charge is -2.24. The highest BCUT2D eigenvalue weighted by molar-refractivity contribution is 5.85. The lowest BCUT2D eigenvalue weighted by molar-refractivity contribution is -0.123. The fourth-order valence-corrected chi connectivity index (χ4v) is 2.18. The molecule has 0 atom stereocenters. The summed E-state index contributed by atoms with van der Waals surface area (Å²) < 4.78 is 2.00. The Morgan fingerprint density at radius 2 is 2.05 bits per heavy atom. The first-order chi connectivity index (χ1) is 8.93. The summed E-state index contributed by atoms with van der Waals surface area (Å²) in [6.45, 7) is 8.63. The number of aromatic nitrogens is 1. The molecule has 0 bridgehead atoms. The zero-order chi connectivity index (χ0) is 14.0. The maximum absolute atomic E-state index is 12.1. The standard InChI is InChI=1S/C16H22N2O/c1-5-16(3,4)17-15(19)11-18-10-9-13-12(2)7-6-8-14(13)18/h6-10H,5,11H2,1-4H3,(H,17,19). The molecule has 1 aromatic carbocycles. The second-order valence-electron chi connectivity index (χ2n) is 5.74. The molecule has 3 heteroatoms. The van der Waals surface area contributed by atoms with E-state index in [1.165, 1.54) is 10.9 Å². The molecule has 3 nitrogen and oxygen atoms in total. The van der Waals surface area contributed by atoms with E-state index in [1.807, 2.05) is 30.7 Å². The molecule has 0 fully saturated rings. The topological polar surface area (TPSA) is 34.0 Å². The van der Waals surface area contributed by atoms with Crippen LogP contribution in [0.5, 0.6) is 0 Å². The van der Waals surface area contributed by atoms with Crippen LogP contribution in [0.1, 0.15) is 32.8 Å². The van der Waals surface area contributed by atoms with E-state index in [0.29, 0.717) is 6.54 Å². The number of fused-ring (bicyclic) bond motifs is 1. The van der Waals surface area contributed by atoms with Gasteiger partial charge in [-0.1, -0.05) is 19.1 Å². The highest BCUT2D eigenvalue weighted by atomic mass is 16.2. The fraction of sp³-hybridized carbons (Fsp3) is 0.438. The van der Waals surface area contributed by atoms with E-state index in [9.17, 15) is 4.79 Å².